The van der Waals surface area contributed by atoms with Crippen molar-refractivity contribution >= 4 is 23.5 Å². The van der Waals surface area contributed by atoms with Crippen molar-refractivity contribution in [2.45, 2.75) is 45.2 Å². The summed E-state index contributed by atoms with van der Waals surface area (Å²) in [5.74, 6) is -0.662. The van der Waals surface area contributed by atoms with Crippen molar-refractivity contribution < 1.29 is 10.0 Å². The molecule has 0 bridgehead atoms. The van der Waals surface area contributed by atoms with Crippen LogP contribution in [0.15, 0.2) is 17.2 Å². The summed E-state index contributed by atoms with van der Waals surface area (Å²) in [5, 5.41) is 29.3. The third kappa shape index (κ3) is 3.44. The molecule has 1 heterocycles. The molecule has 1 aliphatic rings. The number of nitrogens with zero attached hydrogens (tertiary/aromatic N) is 3. The van der Waals surface area contributed by atoms with E-state index >= 15 is 0 Å². The average Bonchev–Trinajstić information content (AvgIpc) is 2.41. The molecule has 114 valence electrons. The fourth-order valence-corrected chi connectivity index (χ4v) is 2.82. The highest BCUT2D eigenvalue weighted by molar-refractivity contribution is 6.31. The number of nitro groups is 1. The Hall–Kier alpha value is -1.82. The third-order valence-electron chi connectivity index (χ3n) is 3.74. The van der Waals surface area contributed by atoms with Gasteiger partial charge in [-0.1, -0.05) is 11.6 Å². The standard InChI is InChI=1S/C14H18ClN3O3/c1-9-4-3-5-10(2)17(9)16-8-11-6-12(15)7-13(14(11)19)18(20)21/h6-10,19H,3-5H2,1-2H3/p-1/b16-8-/t9-,10-/m1/s1. The van der Waals surface area contributed by atoms with Crippen LogP contribution in [0.25, 0.3) is 0 Å². The molecule has 0 spiro atoms. The fourth-order valence-electron chi connectivity index (χ4n) is 2.60. The predicted molar refractivity (Wildman–Crippen MR) is 79.8 cm³/mol. The van der Waals surface area contributed by atoms with Crippen LogP contribution in [0.1, 0.15) is 38.7 Å². The quantitative estimate of drug-likeness (QED) is 0.488. The van der Waals surface area contributed by atoms with Gasteiger partial charge in [-0.05, 0) is 50.5 Å². The Morgan fingerprint density at radius 1 is 1.38 bits per heavy atom. The van der Waals surface area contributed by atoms with Crippen LogP contribution in [0.3, 0.4) is 0 Å². The maximum absolute atomic E-state index is 12.0. The lowest BCUT2D eigenvalue weighted by molar-refractivity contribution is -0.398. The molecular formula is C14H17ClN3O3-. The van der Waals surface area contributed by atoms with Gasteiger partial charge in [-0.15, -0.1) is 0 Å². The lowest BCUT2D eigenvalue weighted by Crippen LogP contribution is -2.39. The molecule has 0 amide bonds. The largest absolute Gasteiger partial charge is 0.867 e. The summed E-state index contributed by atoms with van der Waals surface area (Å²) in [5.41, 5.74) is -0.386. The van der Waals surface area contributed by atoms with Gasteiger partial charge in [0.25, 0.3) is 5.69 Å². The first-order valence-corrected chi connectivity index (χ1v) is 7.25. The summed E-state index contributed by atoms with van der Waals surface area (Å²) in [6.45, 7) is 4.15. The second-order valence-electron chi connectivity index (χ2n) is 5.35. The van der Waals surface area contributed by atoms with Crippen molar-refractivity contribution in [2.24, 2.45) is 5.10 Å². The first-order chi connectivity index (χ1) is 9.90. The van der Waals surface area contributed by atoms with E-state index in [0.29, 0.717) is 0 Å². The van der Waals surface area contributed by atoms with Gasteiger partial charge in [0.2, 0.25) is 0 Å². The molecule has 2 rings (SSSR count). The molecule has 1 aromatic carbocycles. The van der Waals surface area contributed by atoms with E-state index in [1.54, 1.807) is 0 Å². The molecule has 21 heavy (non-hydrogen) atoms. The summed E-state index contributed by atoms with van der Waals surface area (Å²) >= 11 is 5.83. The maximum atomic E-state index is 12.0. The zero-order valence-electron chi connectivity index (χ0n) is 12.0. The number of nitro benzene ring substituents is 1. The van der Waals surface area contributed by atoms with Crippen LogP contribution in [-0.2, 0) is 0 Å². The first kappa shape index (κ1) is 15.6. The highest BCUT2D eigenvalue weighted by Crippen LogP contribution is 2.30. The Kier molecular flexibility index (Phi) is 4.67. The number of piperidine rings is 1. The molecule has 1 aliphatic heterocycles. The SMILES string of the molecule is C[C@@H]1CCC[C@@H](C)N1/N=C\c1cc(Cl)cc([N+](=O)[O-])c1[O-]. The van der Waals surface area contributed by atoms with Crippen molar-refractivity contribution in [1.29, 1.82) is 0 Å². The van der Waals surface area contributed by atoms with Gasteiger partial charge < -0.3 is 5.11 Å². The minimum absolute atomic E-state index is 0.138. The second kappa shape index (κ2) is 6.30. The van der Waals surface area contributed by atoms with E-state index in [2.05, 4.69) is 18.9 Å². The topological polar surface area (TPSA) is 81.8 Å². The van der Waals surface area contributed by atoms with E-state index in [9.17, 15) is 15.2 Å². The van der Waals surface area contributed by atoms with E-state index in [1.165, 1.54) is 12.3 Å². The number of halogens is 1. The zero-order chi connectivity index (χ0) is 15.6. The number of hydrazone groups is 1. The molecule has 1 fully saturated rings. The van der Waals surface area contributed by atoms with Gasteiger partial charge in [0.05, 0.1) is 11.1 Å². The molecule has 1 saturated heterocycles. The van der Waals surface area contributed by atoms with Crippen molar-refractivity contribution in [2.75, 3.05) is 0 Å². The third-order valence-corrected chi connectivity index (χ3v) is 3.95. The van der Waals surface area contributed by atoms with Crippen LogP contribution in [0.2, 0.25) is 5.02 Å². The molecule has 0 radical (unpaired) electrons. The van der Waals surface area contributed by atoms with Crippen LogP contribution >= 0.6 is 11.6 Å². The molecule has 7 heteroatoms. The maximum Gasteiger partial charge on any atom is 0.263 e. The van der Waals surface area contributed by atoms with Crippen LogP contribution in [-0.4, -0.2) is 28.2 Å². The summed E-state index contributed by atoms with van der Waals surface area (Å²) in [4.78, 5) is 10.1. The fraction of sp³-hybridized carbons (Fsp3) is 0.500. The average molecular weight is 311 g/mol. The molecule has 2 atom stereocenters. The van der Waals surface area contributed by atoms with E-state index in [1.807, 2.05) is 5.01 Å². The monoisotopic (exact) mass is 310 g/mol. The predicted octanol–water partition coefficient (Wildman–Crippen LogP) is 2.92. The smallest absolute Gasteiger partial charge is 0.263 e. The summed E-state index contributed by atoms with van der Waals surface area (Å²) < 4.78 is 0. The minimum atomic E-state index is -0.725. The Bertz CT molecular complexity index is 567. The Labute approximate surface area is 128 Å². The Morgan fingerprint density at radius 3 is 2.57 bits per heavy atom. The van der Waals surface area contributed by atoms with Gasteiger partial charge in [0.15, 0.2) is 0 Å². The Morgan fingerprint density at radius 2 is 2.00 bits per heavy atom. The van der Waals surface area contributed by atoms with Crippen LogP contribution in [0.4, 0.5) is 5.69 Å². The molecule has 0 N–H and O–H groups in total. The molecule has 1 aromatic rings. The van der Waals surface area contributed by atoms with E-state index in [-0.39, 0.29) is 22.7 Å². The summed E-state index contributed by atoms with van der Waals surface area (Å²) in [6, 6.07) is 3.04. The van der Waals surface area contributed by atoms with Crippen molar-refractivity contribution in [3.63, 3.8) is 0 Å². The molecule has 6 nitrogen and oxygen atoms in total. The molecule has 0 unspecified atom stereocenters. The van der Waals surface area contributed by atoms with E-state index < -0.39 is 16.4 Å². The second-order valence-corrected chi connectivity index (χ2v) is 5.79. The first-order valence-electron chi connectivity index (χ1n) is 6.87. The van der Waals surface area contributed by atoms with E-state index in [4.69, 9.17) is 11.6 Å². The number of benzene rings is 1. The van der Waals surface area contributed by atoms with Crippen molar-refractivity contribution in [1.82, 2.24) is 5.01 Å². The van der Waals surface area contributed by atoms with Crippen molar-refractivity contribution in [3.8, 4) is 5.75 Å². The lowest BCUT2D eigenvalue weighted by atomic mass is 10.00. The highest BCUT2D eigenvalue weighted by Gasteiger charge is 2.22. The highest BCUT2D eigenvalue weighted by atomic mass is 35.5. The number of hydrogen-bond donors (Lipinski definition) is 0. The van der Waals surface area contributed by atoms with Crippen molar-refractivity contribution in [3.05, 3.63) is 32.8 Å². The normalized spacial score (nSPS) is 22.7. The number of rotatable bonds is 3. The molecule has 0 saturated carbocycles. The van der Waals surface area contributed by atoms with Crippen LogP contribution < -0.4 is 5.11 Å². The summed E-state index contributed by atoms with van der Waals surface area (Å²) in [7, 11) is 0. The van der Waals surface area contributed by atoms with Crippen LogP contribution in [0.5, 0.6) is 5.75 Å². The van der Waals surface area contributed by atoms with Gasteiger partial charge >= 0.3 is 0 Å². The van der Waals surface area contributed by atoms with Gasteiger partial charge in [-0.3, -0.25) is 15.1 Å². The molecule has 0 aliphatic carbocycles. The molecule has 0 aromatic heterocycles. The van der Waals surface area contributed by atoms with Gasteiger partial charge in [-0.2, -0.15) is 5.10 Å². The van der Waals surface area contributed by atoms with Gasteiger partial charge in [0.1, 0.15) is 0 Å². The van der Waals surface area contributed by atoms with Gasteiger partial charge in [-0.25, -0.2) is 0 Å². The molecular weight excluding hydrogens is 294 g/mol. The lowest BCUT2D eigenvalue weighted by Gasteiger charge is -2.36. The zero-order valence-corrected chi connectivity index (χ0v) is 12.7. The van der Waals surface area contributed by atoms with E-state index in [0.717, 1.165) is 25.3 Å². The van der Waals surface area contributed by atoms with Gasteiger partial charge in [0, 0.05) is 23.2 Å². The summed E-state index contributed by atoms with van der Waals surface area (Å²) in [6.07, 6.45) is 4.62. The number of hydrogen-bond acceptors (Lipinski definition) is 5. The minimum Gasteiger partial charge on any atom is -0.867 e. The Balaban J connectivity index is 2.30. The van der Waals surface area contributed by atoms with Crippen LogP contribution in [0, 0.1) is 10.1 Å².